The number of likely N-dealkylation sites (tertiary alicyclic amines) is 1. The maximum Gasteiger partial charge on any atom is 0.186 e. The number of aliphatic hydroxyl groups excluding tert-OH is 5. The Morgan fingerprint density at radius 1 is 0.769 bits per heavy atom. The molecule has 52 heavy (non-hydrogen) atoms. The molecular weight excluding hydrogens is 685 g/mol. The first-order valence-electron chi connectivity index (χ1n) is 21.2. The van der Waals surface area contributed by atoms with Gasteiger partial charge in [-0.25, -0.2) is 4.36 Å². The first-order valence-corrected chi connectivity index (χ1v) is 23.3. The van der Waals surface area contributed by atoms with Crippen LogP contribution in [0.4, 0.5) is 0 Å². The molecule has 3 fully saturated rings. The van der Waals surface area contributed by atoms with Gasteiger partial charge in [0.1, 0.15) is 30.5 Å². The van der Waals surface area contributed by atoms with Crippen LogP contribution in [0.15, 0.2) is 4.36 Å². The molecule has 0 bridgehead atoms. The van der Waals surface area contributed by atoms with Crippen molar-refractivity contribution in [1.29, 1.82) is 0 Å². The third-order valence-corrected chi connectivity index (χ3v) is 13.1. The van der Waals surface area contributed by atoms with Gasteiger partial charge in [-0.1, -0.05) is 129 Å². The largest absolute Gasteiger partial charge is 0.394 e. The normalized spacial score (nSPS) is 26.8. The molecule has 8 atom stereocenters. The van der Waals surface area contributed by atoms with Crippen molar-refractivity contribution < 1.29 is 44.0 Å². The van der Waals surface area contributed by atoms with Crippen molar-refractivity contribution in [2.24, 2.45) is 9.78 Å². The molecule has 0 radical (unpaired) electrons. The van der Waals surface area contributed by atoms with Gasteiger partial charge in [0.15, 0.2) is 6.29 Å². The predicted octanol–water partition coefficient (Wildman–Crippen LogP) is 5.56. The molecule has 12 heteroatoms. The maximum atomic E-state index is 13.6. The molecule has 3 aliphatic rings. The minimum absolute atomic E-state index is 0.166. The van der Waals surface area contributed by atoms with Gasteiger partial charge in [0.2, 0.25) is 0 Å². The van der Waals surface area contributed by atoms with Crippen LogP contribution in [0.2, 0.25) is 0 Å². The number of aliphatic hydroxyl groups is 5. The maximum absolute atomic E-state index is 13.6. The van der Waals surface area contributed by atoms with Crippen LogP contribution in [0.3, 0.4) is 0 Å². The summed E-state index contributed by atoms with van der Waals surface area (Å²) in [6.45, 7) is 7.06. The highest BCUT2D eigenvalue weighted by molar-refractivity contribution is 7.92. The molecule has 0 saturated carbocycles. The summed E-state index contributed by atoms with van der Waals surface area (Å²) in [5, 5.41) is 51.5. The van der Waals surface area contributed by atoms with Gasteiger partial charge in [0.25, 0.3) is 0 Å². The van der Waals surface area contributed by atoms with Gasteiger partial charge in [-0.15, -0.1) is 0 Å². The van der Waals surface area contributed by atoms with Crippen molar-refractivity contribution in [2.45, 2.75) is 191 Å². The van der Waals surface area contributed by atoms with Crippen LogP contribution in [0.1, 0.15) is 148 Å². The number of unbranched alkanes of at least 4 members (excludes halogenated alkanes) is 19. The molecule has 3 saturated heterocycles. The molecule has 0 aromatic rings. The molecule has 0 aromatic carbocycles. The van der Waals surface area contributed by atoms with Crippen LogP contribution in [0.5, 0.6) is 0 Å². The van der Waals surface area contributed by atoms with Crippen molar-refractivity contribution in [3.05, 3.63) is 0 Å². The molecule has 5 N–H and O–H groups in total. The Bertz CT molecular complexity index is 1030. The molecule has 308 valence electrons. The molecule has 0 aromatic heterocycles. The van der Waals surface area contributed by atoms with Gasteiger partial charge < -0.3 is 44.6 Å². The smallest absolute Gasteiger partial charge is 0.186 e. The average Bonchev–Trinajstić information content (AvgIpc) is 3.08. The van der Waals surface area contributed by atoms with Gasteiger partial charge in [-0.2, -0.15) is 0 Å². The van der Waals surface area contributed by atoms with Crippen LogP contribution < -0.4 is 0 Å². The van der Waals surface area contributed by atoms with Crippen molar-refractivity contribution in [3.8, 4) is 0 Å². The first kappa shape index (κ1) is 46.0. The van der Waals surface area contributed by atoms with E-state index in [4.69, 9.17) is 14.2 Å². The molecule has 11 nitrogen and oxygen atoms in total. The Morgan fingerprint density at radius 2 is 1.29 bits per heavy atom. The second kappa shape index (κ2) is 25.7. The summed E-state index contributed by atoms with van der Waals surface area (Å²) in [7, 11) is -2.61. The average molecular weight is 763 g/mol. The third kappa shape index (κ3) is 17.2. The third-order valence-electron chi connectivity index (χ3n) is 11.4. The quantitative estimate of drug-likeness (QED) is 0.0566. The Morgan fingerprint density at radius 3 is 1.81 bits per heavy atom. The van der Waals surface area contributed by atoms with Crippen molar-refractivity contribution >= 4 is 9.73 Å². The summed E-state index contributed by atoms with van der Waals surface area (Å²) in [5.74, 6) is 0.442. The highest BCUT2D eigenvalue weighted by atomic mass is 32.2. The van der Waals surface area contributed by atoms with E-state index in [-0.39, 0.29) is 6.61 Å². The van der Waals surface area contributed by atoms with E-state index >= 15 is 0 Å². The summed E-state index contributed by atoms with van der Waals surface area (Å²) >= 11 is 0. The van der Waals surface area contributed by atoms with E-state index in [1.54, 1.807) is 6.26 Å². The lowest BCUT2D eigenvalue weighted by atomic mass is 9.78. The lowest BCUT2D eigenvalue weighted by molar-refractivity contribution is -0.302. The van der Waals surface area contributed by atoms with Crippen LogP contribution >= 0.6 is 0 Å². The summed E-state index contributed by atoms with van der Waals surface area (Å²) in [6, 6.07) is -0.800. The first-order chi connectivity index (χ1) is 25.1. The highest BCUT2D eigenvalue weighted by Gasteiger charge is 2.48. The van der Waals surface area contributed by atoms with E-state index < -0.39 is 59.2 Å². The monoisotopic (exact) mass is 763 g/mol. The van der Waals surface area contributed by atoms with Crippen molar-refractivity contribution in [2.75, 3.05) is 58.1 Å². The lowest BCUT2D eigenvalue weighted by Gasteiger charge is -2.55. The zero-order valence-electron chi connectivity index (χ0n) is 32.9. The molecule has 0 aliphatic carbocycles. The predicted molar refractivity (Wildman–Crippen MR) is 208 cm³/mol. The number of nitrogens with zero attached hydrogens (tertiary/aromatic N) is 2. The van der Waals surface area contributed by atoms with Gasteiger partial charge in [-0.3, -0.25) is 4.21 Å². The summed E-state index contributed by atoms with van der Waals surface area (Å²) in [5.41, 5.74) is 0.503. The van der Waals surface area contributed by atoms with Gasteiger partial charge >= 0.3 is 0 Å². The number of hydrogen-bond donors (Lipinski definition) is 5. The molecule has 0 amide bonds. The Hall–Kier alpha value is -0.410. The van der Waals surface area contributed by atoms with Crippen molar-refractivity contribution in [1.82, 2.24) is 4.90 Å². The highest BCUT2D eigenvalue weighted by Crippen LogP contribution is 2.37. The summed E-state index contributed by atoms with van der Waals surface area (Å²) < 4.78 is 34.9. The summed E-state index contributed by atoms with van der Waals surface area (Å²) in [6.07, 6.45) is 19.4. The molecule has 1 spiro atoms. The molecular formula is C40H78N2O9S. The lowest BCUT2D eigenvalue weighted by Crippen LogP contribution is -2.65. The standard InChI is InChI=1S/C40H78N2O9S/c1-3-4-5-6-7-8-9-10-11-12-15-18-21-24-34(44)33(28-50-39-38(47)37(46)36(45)35(27-43)51-39)41-52(2,48)26-23-20-17-14-13-16-19-22-25-42-29-40(30-42)31-49-32-40/h33-39,43-47H,3-32H2,1-2H3/t33-,34+,35?,36?,37?,38?,39?,52?/m0/s1. The minimum atomic E-state index is -2.61. The van der Waals surface area contributed by atoms with Gasteiger partial charge in [0, 0.05) is 40.2 Å². The van der Waals surface area contributed by atoms with E-state index in [0.717, 1.165) is 51.7 Å². The Kier molecular flexibility index (Phi) is 22.7. The SMILES string of the molecule is CCCCCCCCCCCCCCC[C@@H](O)[C@H](COC1OC(CO)C(O)C(O)C1O)N=S(C)(=O)CCCCCCCCCCN1CC2(COC2)C1. The van der Waals surface area contributed by atoms with Crippen molar-refractivity contribution in [3.63, 3.8) is 0 Å². The molecule has 3 heterocycles. The summed E-state index contributed by atoms with van der Waals surface area (Å²) in [4.78, 5) is 2.56. The number of rotatable bonds is 31. The fraction of sp³-hybridized carbons (Fsp3) is 1.00. The second-order valence-electron chi connectivity index (χ2n) is 16.5. The van der Waals surface area contributed by atoms with Gasteiger partial charge in [0.05, 0.1) is 32.5 Å². The fourth-order valence-electron chi connectivity index (χ4n) is 7.91. The number of ether oxygens (including phenoxy) is 3. The van der Waals surface area contributed by atoms with Crippen LogP contribution in [0.25, 0.3) is 0 Å². The Labute approximate surface area is 316 Å². The van der Waals surface area contributed by atoms with E-state index in [1.165, 1.54) is 116 Å². The molecule has 6 unspecified atom stereocenters. The van der Waals surface area contributed by atoms with E-state index in [9.17, 15) is 29.7 Å². The van der Waals surface area contributed by atoms with Crippen LogP contribution in [0, 0.1) is 5.41 Å². The van der Waals surface area contributed by atoms with Crippen LogP contribution in [-0.4, -0.2) is 136 Å². The van der Waals surface area contributed by atoms with Gasteiger partial charge in [-0.05, 0) is 25.8 Å². The zero-order chi connectivity index (χ0) is 37.7. The fourth-order valence-corrected chi connectivity index (χ4v) is 9.53. The topological polar surface area (TPSA) is 162 Å². The second-order valence-corrected chi connectivity index (χ2v) is 19.0. The van der Waals surface area contributed by atoms with E-state index in [0.29, 0.717) is 17.6 Å². The van der Waals surface area contributed by atoms with Crippen LogP contribution in [-0.2, 0) is 23.9 Å². The molecule has 3 rings (SSSR count). The Balaban J connectivity index is 1.34. The molecule has 3 aliphatic heterocycles. The van der Waals surface area contributed by atoms with E-state index in [1.807, 2.05) is 0 Å². The van der Waals surface area contributed by atoms with E-state index in [2.05, 4.69) is 16.2 Å². The minimum Gasteiger partial charge on any atom is -0.394 e. The zero-order valence-corrected chi connectivity index (χ0v) is 33.7. The number of hydrogen-bond acceptors (Lipinski definition) is 11.